The summed E-state index contributed by atoms with van der Waals surface area (Å²) in [5, 5.41) is 6.69. The van der Waals surface area contributed by atoms with E-state index in [1.54, 1.807) is 18.0 Å². The second-order valence-electron chi connectivity index (χ2n) is 12.5. The van der Waals surface area contributed by atoms with Crippen LogP contribution in [0.25, 0.3) is 11.1 Å². The molecule has 0 aliphatic carbocycles. The zero-order chi connectivity index (χ0) is 33.5. The molecule has 0 aromatic heterocycles. The lowest BCUT2D eigenvalue weighted by Crippen LogP contribution is -2.48. The van der Waals surface area contributed by atoms with Crippen molar-refractivity contribution < 1.29 is 14.4 Å². The van der Waals surface area contributed by atoms with Gasteiger partial charge in [0.05, 0.1) is 12.6 Å². The number of amides is 2. The van der Waals surface area contributed by atoms with E-state index in [9.17, 15) is 14.4 Å². The van der Waals surface area contributed by atoms with Crippen LogP contribution < -0.4 is 10.6 Å². The lowest BCUT2D eigenvalue weighted by Gasteiger charge is -2.24. The van der Waals surface area contributed by atoms with Crippen molar-refractivity contribution in [1.29, 1.82) is 0 Å². The molecule has 3 rings (SSSR count). The van der Waals surface area contributed by atoms with Gasteiger partial charge in [-0.25, -0.2) is 0 Å². The fourth-order valence-electron chi connectivity index (χ4n) is 5.73. The lowest BCUT2D eigenvalue weighted by molar-refractivity contribution is -0.121. The van der Waals surface area contributed by atoms with Gasteiger partial charge in [0, 0.05) is 43.7 Å². The van der Waals surface area contributed by atoms with Crippen molar-refractivity contribution >= 4 is 24.3 Å². The molecule has 246 valence electrons. The highest BCUT2D eigenvalue weighted by Gasteiger charge is 2.22. The quantitative estimate of drug-likeness (QED) is 0.139. The average Bonchev–Trinajstić information content (AvgIpc) is 3.05. The highest BCUT2D eigenvalue weighted by Crippen LogP contribution is 2.27. The van der Waals surface area contributed by atoms with Crippen LogP contribution in [-0.2, 0) is 17.8 Å². The first-order valence-corrected chi connectivity index (χ1v) is 16.7. The highest BCUT2D eigenvalue weighted by molar-refractivity contribution is 6.01. The van der Waals surface area contributed by atoms with Gasteiger partial charge >= 0.3 is 0 Å². The molecule has 0 saturated carbocycles. The molecule has 7 heteroatoms. The largest absolute Gasteiger partial charge is 0.348 e. The summed E-state index contributed by atoms with van der Waals surface area (Å²) in [6, 6.07) is 22.7. The van der Waals surface area contributed by atoms with Crippen LogP contribution in [-0.4, -0.2) is 61.4 Å². The molecule has 0 saturated heterocycles. The van der Waals surface area contributed by atoms with Crippen molar-refractivity contribution in [3.8, 4) is 11.1 Å². The summed E-state index contributed by atoms with van der Waals surface area (Å²) >= 11 is 0. The van der Waals surface area contributed by atoms with Gasteiger partial charge in [-0.2, -0.15) is 0 Å². The molecular formula is C39H52N4O3. The van der Waals surface area contributed by atoms with Crippen molar-refractivity contribution in [2.75, 3.05) is 20.1 Å². The molecule has 3 aromatic rings. The van der Waals surface area contributed by atoms with Crippen molar-refractivity contribution in [3.05, 3.63) is 95.1 Å². The average molecular weight is 625 g/mol. The molecule has 0 unspecified atom stereocenters. The third-order valence-electron chi connectivity index (χ3n) is 8.23. The molecule has 0 bridgehead atoms. The molecule has 3 aromatic carbocycles. The minimum absolute atomic E-state index is 0.138. The molecule has 0 heterocycles. The SMILES string of the molecule is C=NCc1ccccc1-c1cc(C(=O)N[C@H](CN[C@@H](CC)C(=O)CCCC(C)C)Cc2ccccc2)cc(C(=O)N(C)CCC)c1. The molecule has 7 nitrogen and oxygen atoms in total. The van der Waals surface area contributed by atoms with Gasteiger partial charge < -0.3 is 15.5 Å². The third kappa shape index (κ3) is 11.1. The van der Waals surface area contributed by atoms with E-state index in [-0.39, 0.29) is 29.7 Å². The maximum Gasteiger partial charge on any atom is 0.253 e. The van der Waals surface area contributed by atoms with Crippen LogP contribution in [0.5, 0.6) is 0 Å². The van der Waals surface area contributed by atoms with Crippen molar-refractivity contribution in [2.24, 2.45) is 10.9 Å². The van der Waals surface area contributed by atoms with Gasteiger partial charge in [-0.05, 0) is 78.8 Å². The zero-order valence-corrected chi connectivity index (χ0v) is 28.4. The van der Waals surface area contributed by atoms with Gasteiger partial charge in [0.1, 0.15) is 5.78 Å². The molecule has 0 radical (unpaired) electrons. The molecule has 0 spiro atoms. The summed E-state index contributed by atoms with van der Waals surface area (Å²) in [6.45, 7) is 13.5. The monoisotopic (exact) mass is 624 g/mol. The molecule has 46 heavy (non-hydrogen) atoms. The van der Waals surface area contributed by atoms with E-state index in [0.29, 0.717) is 55.9 Å². The predicted octanol–water partition coefficient (Wildman–Crippen LogP) is 7.14. The van der Waals surface area contributed by atoms with Crippen molar-refractivity contribution in [3.63, 3.8) is 0 Å². The van der Waals surface area contributed by atoms with Crippen LogP contribution in [0.4, 0.5) is 0 Å². The molecule has 0 aliphatic heterocycles. The number of hydrogen-bond acceptors (Lipinski definition) is 5. The van der Waals surface area contributed by atoms with E-state index in [1.807, 2.05) is 80.6 Å². The van der Waals surface area contributed by atoms with Gasteiger partial charge in [0.15, 0.2) is 0 Å². The number of aliphatic imine (C=N–C) groups is 1. The Kier molecular flexibility index (Phi) is 14.8. The fraction of sp³-hybridized carbons (Fsp3) is 0.436. The Balaban J connectivity index is 1.92. The Bertz CT molecular complexity index is 1440. The number of nitrogens with zero attached hydrogens (tertiary/aromatic N) is 2. The first-order chi connectivity index (χ1) is 22.2. The summed E-state index contributed by atoms with van der Waals surface area (Å²) < 4.78 is 0. The number of carbonyl (C=O) groups excluding carboxylic acids is 3. The first-order valence-electron chi connectivity index (χ1n) is 16.7. The van der Waals surface area contributed by atoms with E-state index in [2.05, 4.69) is 36.2 Å². The van der Waals surface area contributed by atoms with Gasteiger partial charge in [0.2, 0.25) is 0 Å². The van der Waals surface area contributed by atoms with Gasteiger partial charge in [0.25, 0.3) is 11.8 Å². The molecule has 0 aliphatic rings. The van der Waals surface area contributed by atoms with E-state index >= 15 is 0 Å². The second kappa shape index (κ2) is 18.8. The van der Waals surface area contributed by atoms with Crippen LogP contribution in [0.15, 0.2) is 77.8 Å². The van der Waals surface area contributed by atoms with E-state index < -0.39 is 0 Å². The predicted molar refractivity (Wildman–Crippen MR) is 190 cm³/mol. The van der Waals surface area contributed by atoms with Gasteiger partial charge in [-0.3, -0.25) is 19.4 Å². The number of carbonyl (C=O) groups is 3. The Morgan fingerprint density at radius 1 is 0.935 bits per heavy atom. The van der Waals surface area contributed by atoms with Gasteiger partial charge in [-0.1, -0.05) is 88.7 Å². The van der Waals surface area contributed by atoms with Crippen LogP contribution in [0.2, 0.25) is 0 Å². The number of hydrogen-bond donors (Lipinski definition) is 2. The summed E-state index contributed by atoms with van der Waals surface area (Å²) in [7, 11) is 1.78. The van der Waals surface area contributed by atoms with E-state index in [4.69, 9.17) is 0 Å². The smallest absolute Gasteiger partial charge is 0.253 e. The minimum atomic E-state index is -0.282. The Morgan fingerprint density at radius 3 is 2.30 bits per heavy atom. The highest BCUT2D eigenvalue weighted by atomic mass is 16.2. The topological polar surface area (TPSA) is 90.9 Å². The molecule has 2 amide bonds. The molecule has 2 atom stereocenters. The Labute approximate surface area is 275 Å². The molecule has 2 N–H and O–H groups in total. The maximum absolute atomic E-state index is 14.0. The Hall–Kier alpha value is -4.10. The zero-order valence-electron chi connectivity index (χ0n) is 28.4. The summed E-state index contributed by atoms with van der Waals surface area (Å²) in [5.41, 5.74) is 4.59. The number of nitrogens with one attached hydrogen (secondary N) is 2. The van der Waals surface area contributed by atoms with Crippen LogP contribution >= 0.6 is 0 Å². The minimum Gasteiger partial charge on any atom is -0.348 e. The second-order valence-corrected chi connectivity index (χ2v) is 12.5. The van der Waals surface area contributed by atoms with Crippen LogP contribution in [0, 0.1) is 5.92 Å². The van der Waals surface area contributed by atoms with Crippen molar-refractivity contribution in [2.45, 2.75) is 84.8 Å². The van der Waals surface area contributed by atoms with Gasteiger partial charge in [-0.15, -0.1) is 0 Å². The number of ketones is 1. The normalized spacial score (nSPS) is 12.4. The fourth-order valence-corrected chi connectivity index (χ4v) is 5.73. The number of rotatable bonds is 19. The summed E-state index contributed by atoms with van der Waals surface area (Å²) in [6.07, 6.45) is 4.58. The lowest BCUT2D eigenvalue weighted by atomic mass is 9.95. The van der Waals surface area contributed by atoms with Crippen LogP contribution in [0.3, 0.4) is 0 Å². The van der Waals surface area contributed by atoms with Crippen LogP contribution in [0.1, 0.15) is 91.6 Å². The van der Waals surface area contributed by atoms with E-state index in [1.165, 1.54) is 0 Å². The maximum atomic E-state index is 14.0. The number of Topliss-reactive ketones (excluding diaryl/α,β-unsaturated/α-hetero) is 1. The summed E-state index contributed by atoms with van der Waals surface area (Å²) in [5.74, 6) is 0.376. The van der Waals surface area contributed by atoms with Crippen molar-refractivity contribution in [1.82, 2.24) is 15.5 Å². The number of benzene rings is 3. The third-order valence-corrected chi connectivity index (χ3v) is 8.23. The summed E-state index contributed by atoms with van der Waals surface area (Å²) in [4.78, 5) is 46.3. The molecule has 0 fully saturated rings. The first kappa shape index (κ1) is 36.4. The molecular weight excluding hydrogens is 572 g/mol. The Morgan fingerprint density at radius 2 is 1.63 bits per heavy atom. The standard InChI is InChI=1S/C39H52N4O3/c1-7-21-43(6)39(46)33-24-31(35-19-13-12-18-30(35)26-40-5)23-32(25-33)38(45)42-34(22-29-16-10-9-11-17-29)27-41-36(8-2)37(44)20-14-15-28(3)4/h9-13,16-19,23-25,28,34,36,41H,5,7-8,14-15,20-22,26-27H2,1-4,6H3,(H,42,45)/t34-,36-/m0/s1. The van der Waals surface area contributed by atoms with E-state index in [0.717, 1.165) is 41.5 Å².